The highest BCUT2D eigenvalue weighted by molar-refractivity contribution is 8.08. The van der Waals surface area contributed by atoms with Crippen molar-refractivity contribution in [3.63, 3.8) is 0 Å². The Balaban J connectivity index is 0.751. The maximum Gasteiger partial charge on any atom is 0.325 e. The van der Waals surface area contributed by atoms with Crippen molar-refractivity contribution in [1.82, 2.24) is 78.1 Å². The third kappa shape index (κ3) is 12.9. The Morgan fingerprint density at radius 2 is 0.629 bits per heavy atom. The molecule has 480 valence electrons. The van der Waals surface area contributed by atoms with E-state index in [2.05, 4.69) is 71.6 Å². The summed E-state index contributed by atoms with van der Waals surface area (Å²) in [7, 11) is 0. The second-order valence-corrected chi connectivity index (χ2v) is 30.9. The third-order valence-electron chi connectivity index (χ3n) is 14.3. The van der Waals surface area contributed by atoms with Gasteiger partial charge in [-0.15, -0.1) is 0 Å². The van der Waals surface area contributed by atoms with Gasteiger partial charge in [0, 0.05) is 0 Å². The molecule has 0 bridgehead atoms. The molecule has 12 rings (SSSR count). The molecule has 4 saturated heterocycles. The van der Waals surface area contributed by atoms with Crippen molar-refractivity contribution in [3.05, 3.63) is 50.6 Å². The summed E-state index contributed by atoms with van der Waals surface area (Å²) in [5, 5.41) is 57.6. The van der Waals surface area contributed by atoms with Crippen LogP contribution in [0, 0.1) is 0 Å². The maximum absolute atomic E-state index is 12.0. The number of imidazole rings is 4. The first-order valence-electron chi connectivity index (χ1n) is 25.6. The molecule has 0 saturated carbocycles. The van der Waals surface area contributed by atoms with E-state index in [0.29, 0.717) is 0 Å². The predicted molar refractivity (Wildman–Crippen MR) is 311 cm³/mol. The van der Waals surface area contributed by atoms with Crippen LogP contribution >= 0.6 is 26.9 Å². The Morgan fingerprint density at radius 3 is 0.921 bits per heavy atom. The number of aromatic nitrogens is 16. The number of hydrogen-bond donors (Lipinski definition) is 14. The molecular formula is C40H50N20O21P4S4. The quantitative estimate of drug-likeness (QED) is 0.0289. The van der Waals surface area contributed by atoms with Crippen molar-refractivity contribution in [2.45, 2.75) is 98.2 Å². The van der Waals surface area contributed by atoms with Crippen molar-refractivity contribution >= 4 is 142 Å². The fourth-order valence-corrected chi connectivity index (χ4v) is 14.9. The third-order valence-corrected chi connectivity index (χ3v) is 19.8. The number of aliphatic hydroxyl groups excluding tert-OH is 5. The van der Waals surface area contributed by atoms with Gasteiger partial charge in [-0.3, -0.25) is 31.8 Å². The Labute approximate surface area is 516 Å². The fourth-order valence-electron chi connectivity index (χ4n) is 10.1. The van der Waals surface area contributed by atoms with Gasteiger partial charge in [0.25, 0.3) is 0 Å². The molecule has 19 atom stereocenters. The second kappa shape index (κ2) is 24.9. The monoisotopic (exact) mass is 1400 g/mol. The molecule has 8 aromatic heterocycles. The number of rotatable bonds is 22. The molecule has 0 amide bonds. The van der Waals surface area contributed by atoms with E-state index in [1.54, 1.807) is 0 Å². The van der Waals surface area contributed by atoms with Gasteiger partial charge in [-0.2, -0.15) is 0 Å². The van der Waals surface area contributed by atoms with Crippen molar-refractivity contribution in [2.24, 2.45) is 0 Å². The minimum Gasteiger partial charge on any atom is -0.387 e. The first-order chi connectivity index (χ1) is 42.2. The smallest absolute Gasteiger partial charge is 0.325 e. The average molecular weight is 1400 g/mol. The van der Waals surface area contributed by atoms with Crippen LogP contribution < -0.4 is 22.9 Å². The molecule has 8 aromatic rings. The van der Waals surface area contributed by atoms with E-state index < -0.39 is 151 Å². The summed E-state index contributed by atoms with van der Waals surface area (Å²) in [5.74, 6) is -0.0724. The van der Waals surface area contributed by atoms with Crippen molar-refractivity contribution in [2.75, 3.05) is 49.4 Å². The number of nitrogens with two attached hydrogens (primary N) is 4. The second-order valence-electron chi connectivity index (χ2n) is 19.8. The lowest BCUT2D eigenvalue weighted by atomic mass is 10.1. The molecule has 41 nitrogen and oxygen atoms in total. The Bertz CT molecular complexity index is 4160. The molecule has 49 heteroatoms. The first kappa shape index (κ1) is 64.3. The fraction of sp³-hybridized carbons (Fsp3) is 0.500. The summed E-state index contributed by atoms with van der Waals surface area (Å²) >= 11 is 20.9. The standard InChI is InChI=1S/C40H50N20O21P4S4/c41-29-17-33(49-5-45-29)57(9-53-17)37-25(65)21(61)13(75-37)2-72-83(68,87)80-27-23(63)15(77-39(27)59-11-55-19-31(43)47-7-51-35(19)59)4-74-85(70,89)81-28-24(64)16(78-40(28)60-12-56-20-32(44)48-8-52-36(20)60)3-73-84(69,88)79-26-22(62)14(1-71-82(66,67)86)76-38(26)58-10-54-18-30(42)46-6-50-34(18)58/h5-16,21-28,37-40,61-65H,1-4H2,(H,68,87)(H,69,88)(H,70,89)(H2,41,45,49)(H2,42,46,50)(H2,43,47,51)(H2,44,48,52)(H2,66,67,86)/t13-,14-,15-,16-,21?,22?,23?,24?,25?,26?,27?,28?,37-,38-,39-,40-,83?,84?,85?/m1/s1. The van der Waals surface area contributed by atoms with Crippen LogP contribution in [0.5, 0.6) is 0 Å². The van der Waals surface area contributed by atoms with Crippen LogP contribution in [-0.4, -0.2) is 228 Å². The molecule has 4 fully saturated rings. The van der Waals surface area contributed by atoms with Gasteiger partial charge in [-0.1, -0.05) is 0 Å². The lowest BCUT2D eigenvalue weighted by Crippen LogP contribution is -2.37. The van der Waals surface area contributed by atoms with Crippen LogP contribution in [0.3, 0.4) is 0 Å². The topological polar surface area (TPSA) is 582 Å². The van der Waals surface area contributed by atoms with Crippen LogP contribution in [-0.2, 0) is 97.8 Å². The van der Waals surface area contributed by atoms with E-state index in [0.717, 1.165) is 19.0 Å². The highest BCUT2D eigenvalue weighted by Crippen LogP contribution is 2.55. The number of nitrogen functional groups attached to an aromatic ring is 4. The summed E-state index contributed by atoms with van der Waals surface area (Å²) in [6.45, 7) is -21.1. The molecule has 0 aromatic carbocycles. The molecule has 0 spiro atoms. The van der Waals surface area contributed by atoms with Crippen LogP contribution in [0.15, 0.2) is 50.6 Å². The zero-order chi connectivity index (χ0) is 63.2. The number of hydrogen-bond acceptors (Lipinski definition) is 36. The molecule has 4 aliphatic rings. The van der Waals surface area contributed by atoms with Crippen molar-refractivity contribution in [1.29, 1.82) is 0 Å². The lowest BCUT2D eigenvalue weighted by Gasteiger charge is -2.27. The summed E-state index contributed by atoms with van der Waals surface area (Å²) < 4.78 is 69.5. The van der Waals surface area contributed by atoms with Gasteiger partial charge >= 0.3 is 26.9 Å². The zero-order valence-corrected chi connectivity index (χ0v) is 51.4. The highest BCUT2D eigenvalue weighted by atomic mass is 32.5. The van der Waals surface area contributed by atoms with Gasteiger partial charge in [0.15, 0.2) is 70.8 Å². The van der Waals surface area contributed by atoms with E-state index in [-0.39, 0.29) is 67.9 Å². The highest BCUT2D eigenvalue weighted by Gasteiger charge is 2.54. The average Bonchev–Trinajstić information content (AvgIpc) is 1.70. The van der Waals surface area contributed by atoms with Crippen LogP contribution in [0.4, 0.5) is 23.3 Å². The summed E-state index contributed by atoms with van der Waals surface area (Å²) in [6, 6.07) is 0. The van der Waals surface area contributed by atoms with E-state index in [1.807, 2.05) is 0 Å². The first-order valence-corrected chi connectivity index (χ1v) is 36.0. The van der Waals surface area contributed by atoms with Crippen LogP contribution in [0.25, 0.3) is 44.7 Å². The largest absolute Gasteiger partial charge is 0.387 e. The Kier molecular flexibility index (Phi) is 18.0. The van der Waals surface area contributed by atoms with E-state index in [1.165, 1.54) is 49.9 Å². The van der Waals surface area contributed by atoms with Gasteiger partial charge in [0.2, 0.25) is 0 Å². The minimum absolute atomic E-state index is 0.0203. The van der Waals surface area contributed by atoms with Crippen molar-refractivity contribution < 1.29 is 101 Å². The predicted octanol–water partition coefficient (Wildman–Crippen LogP) is -3.85. The van der Waals surface area contributed by atoms with Crippen LogP contribution in [0.2, 0.25) is 0 Å². The van der Waals surface area contributed by atoms with Crippen LogP contribution in [0.1, 0.15) is 24.9 Å². The Hall–Kier alpha value is -4.84. The molecule has 12 heterocycles. The summed E-state index contributed by atoms with van der Waals surface area (Å²) in [6.07, 6.45) is -15.9. The summed E-state index contributed by atoms with van der Waals surface area (Å²) in [5.41, 5.74) is 24.9. The van der Waals surface area contributed by atoms with Gasteiger partial charge < -0.3 is 110 Å². The Morgan fingerprint density at radius 1 is 0.371 bits per heavy atom. The number of aliphatic hydroxyl groups is 5. The summed E-state index contributed by atoms with van der Waals surface area (Å²) in [4.78, 5) is 104. The van der Waals surface area contributed by atoms with E-state index >= 15 is 0 Å². The molecule has 89 heavy (non-hydrogen) atoms. The van der Waals surface area contributed by atoms with Gasteiger partial charge in [-0.05, 0) is 47.2 Å². The lowest BCUT2D eigenvalue weighted by molar-refractivity contribution is -0.0598. The molecule has 18 N–H and O–H groups in total. The molecule has 0 radical (unpaired) electrons. The molecule has 0 aliphatic carbocycles. The molecule has 4 aliphatic heterocycles. The number of nitrogens with zero attached hydrogens (tertiary/aromatic N) is 16. The van der Waals surface area contributed by atoms with Gasteiger partial charge in [0.05, 0.1) is 51.7 Å². The molecular weight excluding hydrogens is 1350 g/mol. The number of fused-ring (bicyclic) bond motifs is 4. The zero-order valence-electron chi connectivity index (χ0n) is 44.5. The van der Waals surface area contributed by atoms with E-state index in [4.69, 9.17) is 109 Å². The number of ether oxygens (including phenoxy) is 4. The van der Waals surface area contributed by atoms with Gasteiger partial charge in [-0.25, -0.2) is 59.8 Å². The van der Waals surface area contributed by atoms with Gasteiger partial charge in [0.1, 0.15) is 121 Å². The molecule has 11 unspecified atom stereocenters. The minimum atomic E-state index is -4.70. The normalized spacial score (nSPS) is 31.3. The maximum atomic E-state index is 12.0. The van der Waals surface area contributed by atoms with E-state index in [9.17, 15) is 50.0 Å². The SMILES string of the molecule is Nc1ncnc2c1ncn2[C@@H]1O[C@H](COP(O)(=S)OC2C(O)[C@@H](COP(O)(=S)OC3C(O)[C@@H](COP(O)(=S)OC4C(O)[C@@H](COP(O)(O)=S)O[C@H]4n4cnc5c(N)ncnc54)O[C@H]3n3cnc4c(N)ncnc43)O[C@H]2n2cnc3c(N)ncnc32)C(O)C1O. The van der Waals surface area contributed by atoms with Crippen molar-refractivity contribution in [3.8, 4) is 0 Å². The number of anilines is 4.